The van der Waals surface area contributed by atoms with Gasteiger partial charge < -0.3 is 5.11 Å². The molecule has 1 aromatic rings. The van der Waals surface area contributed by atoms with Crippen LogP contribution in [-0.4, -0.2) is 21.5 Å². The van der Waals surface area contributed by atoms with E-state index in [4.69, 9.17) is 5.11 Å². The molecule has 3 heteroatoms. The summed E-state index contributed by atoms with van der Waals surface area (Å²) in [6, 6.07) is 0.655. The van der Waals surface area contributed by atoms with Gasteiger partial charge in [-0.2, -0.15) is 5.10 Å². The van der Waals surface area contributed by atoms with Crippen LogP contribution in [0.15, 0.2) is 12.4 Å². The first-order chi connectivity index (χ1) is 6.40. The Bertz CT molecular complexity index is 266. The number of nitrogens with zero attached hydrogens (tertiary/aromatic N) is 2. The van der Waals surface area contributed by atoms with E-state index in [1.165, 1.54) is 24.8 Å². The van der Waals surface area contributed by atoms with E-state index >= 15 is 0 Å². The van der Waals surface area contributed by atoms with Crippen LogP contribution in [0.25, 0.3) is 0 Å². The molecule has 1 aliphatic rings. The van der Waals surface area contributed by atoms with E-state index in [1.54, 1.807) is 0 Å². The van der Waals surface area contributed by atoms with Gasteiger partial charge in [-0.25, -0.2) is 0 Å². The summed E-state index contributed by atoms with van der Waals surface area (Å²) < 4.78 is 2.08. The topological polar surface area (TPSA) is 38.1 Å². The van der Waals surface area contributed by atoms with Gasteiger partial charge in [0, 0.05) is 12.8 Å². The summed E-state index contributed by atoms with van der Waals surface area (Å²) in [5.74, 6) is 0. The zero-order valence-electron chi connectivity index (χ0n) is 7.82. The van der Waals surface area contributed by atoms with Crippen LogP contribution in [0.4, 0.5) is 0 Å². The summed E-state index contributed by atoms with van der Waals surface area (Å²) >= 11 is 0. The number of aliphatic hydroxyl groups excluding tert-OH is 1. The van der Waals surface area contributed by atoms with Crippen LogP contribution in [0.5, 0.6) is 0 Å². The third kappa shape index (κ3) is 1.91. The minimum absolute atomic E-state index is 0.272. The Morgan fingerprint density at radius 3 is 3.00 bits per heavy atom. The summed E-state index contributed by atoms with van der Waals surface area (Å²) in [5.41, 5.74) is 1.25. The summed E-state index contributed by atoms with van der Waals surface area (Å²) in [7, 11) is 0. The first-order valence-electron chi connectivity index (χ1n) is 5.04. The molecule has 1 heterocycles. The zero-order valence-corrected chi connectivity index (χ0v) is 7.82. The van der Waals surface area contributed by atoms with Gasteiger partial charge in [-0.05, 0) is 37.7 Å². The molecule has 0 radical (unpaired) electrons. The maximum Gasteiger partial charge on any atom is 0.0521 e. The molecule has 1 N–H and O–H groups in total. The lowest BCUT2D eigenvalue weighted by Gasteiger charge is -2.25. The molecular weight excluding hydrogens is 164 g/mol. The quantitative estimate of drug-likeness (QED) is 0.763. The Labute approximate surface area is 78.4 Å². The van der Waals surface area contributed by atoms with E-state index in [0.717, 1.165) is 12.8 Å². The Morgan fingerprint density at radius 2 is 2.38 bits per heavy atom. The second kappa shape index (κ2) is 3.92. The lowest BCUT2D eigenvalue weighted by atomic mass is 9.93. The zero-order chi connectivity index (χ0) is 9.10. The second-order valence-corrected chi connectivity index (χ2v) is 3.74. The number of aryl methyl sites for hydroxylation is 1. The number of hydrogen-bond acceptors (Lipinski definition) is 2. The average Bonchev–Trinajstić information content (AvgIpc) is 2.46. The van der Waals surface area contributed by atoms with E-state index in [-0.39, 0.29) is 6.61 Å². The Hall–Kier alpha value is -0.830. The molecule has 0 amide bonds. The molecule has 3 nitrogen and oxygen atoms in total. The van der Waals surface area contributed by atoms with Gasteiger partial charge in [0.2, 0.25) is 0 Å². The first kappa shape index (κ1) is 8.75. The Morgan fingerprint density at radius 1 is 1.54 bits per heavy atom. The molecule has 0 atom stereocenters. The van der Waals surface area contributed by atoms with Crippen molar-refractivity contribution >= 4 is 0 Å². The number of rotatable bonds is 4. The van der Waals surface area contributed by atoms with Gasteiger partial charge in [-0.1, -0.05) is 0 Å². The molecule has 1 fully saturated rings. The molecular formula is C10H16N2O. The summed E-state index contributed by atoms with van der Waals surface area (Å²) in [4.78, 5) is 0. The number of aromatic nitrogens is 2. The average molecular weight is 180 g/mol. The van der Waals surface area contributed by atoms with Crippen LogP contribution in [0, 0.1) is 0 Å². The van der Waals surface area contributed by atoms with Crippen molar-refractivity contribution in [2.75, 3.05) is 6.61 Å². The van der Waals surface area contributed by atoms with E-state index < -0.39 is 0 Å². The van der Waals surface area contributed by atoms with Crippen molar-refractivity contribution in [1.29, 1.82) is 0 Å². The molecule has 13 heavy (non-hydrogen) atoms. The highest BCUT2D eigenvalue weighted by Crippen LogP contribution is 2.30. The highest BCUT2D eigenvalue weighted by molar-refractivity contribution is 5.05. The van der Waals surface area contributed by atoms with Crippen LogP contribution in [0.1, 0.15) is 37.3 Å². The van der Waals surface area contributed by atoms with Crippen molar-refractivity contribution in [3.63, 3.8) is 0 Å². The summed E-state index contributed by atoms with van der Waals surface area (Å²) in [6.07, 6.45) is 9.74. The van der Waals surface area contributed by atoms with Gasteiger partial charge in [0.25, 0.3) is 0 Å². The third-order valence-corrected chi connectivity index (χ3v) is 2.73. The van der Waals surface area contributed by atoms with Crippen LogP contribution >= 0.6 is 0 Å². The van der Waals surface area contributed by atoms with Crippen molar-refractivity contribution in [3.05, 3.63) is 18.0 Å². The maximum atomic E-state index is 8.67. The Kier molecular flexibility index (Phi) is 2.64. The van der Waals surface area contributed by atoms with Gasteiger partial charge in [-0.15, -0.1) is 0 Å². The summed E-state index contributed by atoms with van der Waals surface area (Å²) in [6.45, 7) is 0.272. The minimum Gasteiger partial charge on any atom is -0.396 e. The lowest BCUT2D eigenvalue weighted by Crippen LogP contribution is -2.17. The van der Waals surface area contributed by atoms with Gasteiger partial charge in [-0.3, -0.25) is 4.68 Å². The van der Waals surface area contributed by atoms with Crippen molar-refractivity contribution < 1.29 is 5.11 Å². The van der Waals surface area contributed by atoms with Gasteiger partial charge in [0.15, 0.2) is 0 Å². The molecule has 0 bridgehead atoms. The van der Waals surface area contributed by atoms with Gasteiger partial charge in [0.1, 0.15) is 0 Å². The fourth-order valence-electron chi connectivity index (χ4n) is 1.64. The molecule has 1 saturated carbocycles. The predicted molar refractivity (Wildman–Crippen MR) is 50.5 cm³/mol. The van der Waals surface area contributed by atoms with Crippen molar-refractivity contribution in [2.45, 2.75) is 38.1 Å². The van der Waals surface area contributed by atoms with Crippen LogP contribution in [0.3, 0.4) is 0 Å². The van der Waals surface area contributed by atoms with E-state index in [0.29, 0.717) is 6.04 Å². The number of hydrogen-bond donors (Lipinski definition) is 1. The standard InChI is InChI=1S/C10H16N2O/c13-6-2-3-9-7-11-12(8-9)10-4-1-5-10/h7-8,10,13H,1-6H2. The molecule has 0 unspecified atom stereocenters. The van der Waals surface area contributed by atoms with Gasteiger partial charge in [0.05, 0.1) is 12.2 Å². The van der Waals surface area contributed by atoms with E-state index in [9.17, 15) is 0 Å². The number of aliphatic hydroxyl groups is 1. The highest BCUT2D eigenvalue weighted by Gasteiger charge is 2.19. The third-order valence-electron chi connectivity index (χ3n) is 2.73. The molecule has 0 spiro atoms. The van der Waals surface area contributed by atoms with Crippen molar-refractivity contribution in [1.82, 2.24) is 9.78 Å². The fourth-order valence-corrected chi connectivity index (χ4v) is 1.64. The molecule has 1 aliphatic carbocycles. The molecule has 1 aromatic heterocycles. The van der Waals surface area contributed by atoms with Crippen LogP contribution < -0.4 is 0 Å². The molecule has 2 rings (SSSR count). The second-order valence-electron chi connectivity index (χ2n) is 3.74. The predicted octanol–water partition coefficient (Wildman–Crippen LogP) is 1.53. The van der Waals surface area contributed by atoms with Crippen molar-refractivity contribution in [3.8, 4) is 0 Å². The monoisotopic (exact) mass is 180 g/mol. The molecule has 0 aromatic carbocycles. The highest BCUT2D eigenvalue weighted by atomic mass is 16.2. The minimum atomic E-state index is 0.272. The normalized spacial score (nSPS) is 17.3. The smallest absolute Gasteiger partial charge is 0.0521 e. The molecule has 0 aliphatic heterocycles. The molecule has 0 saturated heterocycles. The van der Waals surface area contributed by atoms with Crippen LogP contribution in [0.2, 0.25) is 0 Å². The SMILES string of the molecule is OCCCc1cnn(C2CCC2)c1. The first-order valence-corrected chi connectivity index (χ1v) is 5.04. The lowest BCUT2D eigenvalue weighted by molar-refractivity contribution is 0.286. The maximum absolute atomic E-state index is 8.67. The van der Waals surface area contributed by atoms with Crippen molar-refractivity contribution in [2.24, 2.45) is 0 Å². The Balaban J connectivity index is 1.92. The fraction of sp³-hybridized carbons (Fsp3) is 0.700. The molecule has 72 valence electrons. The van der Waals surface area contributed by atoms with E-state index in [2.05, 4.69) is 16.0 Å². The van der Waals surface area contributed by atoms with E-state index in [1.807, 2.05) is 6.20 Å². The summed E-state index contributed by atoms with van der Waals surface area (Å²) in [5, 5.41) is 13.0. The van der Waals surface area contributed by atoms with Crippen LogP contribution in [-0.2, 0) is 6.42 Å². The largest absolute Gasteiger partial charge is 0.396 e. The van der Waals surface area contributed by atoms with Gasteiger partial charge >= 0.3 is 0 Å².